The maximum Gasteiger partial charge on any atom is 0.338 e. The first-order chi connectivity index (χ1) is 14.6. The van der Waals surface area contributed by atoms with Crippen LogP contribution in [0.3, 0.4) is 0 Å². The van der Waals surface area contributed by atoms with Crippen LogP contribution >= 0.6 is 12.2 Å². The largest absolute Gasteiger partial charge is 0.462 e. The summed E-state index contributed by atoms with van der Waals surface area (Å²) < 4.78 is 10.5. The third-order valence-electron chi connectivity index (χ3n) is 5.04. The lowest BCUT2D eigenvalue weighted by Gasteiger charge is -2.27. The second-order valence-corrected chi connectivity index (χ2v) is 7.62. The number of hydrogen-bond donors (Lipinski definition) is 2. The van der Waals surface area contributed by atoms with Crippen LogP contribution in [0.5, 0.6) is 0 Å². The molecule has 7 heteroatoms. The van der Waals surface area contributed by atoms with E-state index in [1.807, 2.05) is 13.0 Å². The predicted molar refractivity (Wildman–Crippen MR) is 123 cm³/mol. The van der Waals surface area contributed by atoms with Crippen molar-refractivity contribution >= 4 is 29.0 Å². The number of nitrogens with one attached hydrogen (secondary N) is 2. The summed E-state index contributed by atoms with van der Waals surface area (Å²) in [6.45, 7) is 9.16. The van der Waals surface area contributed by atoms with Crippen LogP contribution in [0, 0.1) is 6.92 Å². The number of ether oxygens (including phenoxy) is 2. The number of esters is 1. The minimum atomic E-state index is -0.315. The summed E-state index contributed by atoms with van der Waals surface area (Å²) >= 11 is 5.48. The molecule has 0 bridgehead atoms. The van der Waals surface area contributed by atoms with Gasteiger partial charge in [0, 0.05) is 31.9 Å². The molecule has 0 spiro atoms. The van der Waals surface area contributed by atoms with Gasteiger partial charge in [0.25, 0.3) is 0 Å². The molecule has 1 aliphatic rings. The molecule has 1 fully saturated rings. The maximum atomic E-state index is 11.9. The highest BCUT2D eigenvalue weighted by Gasteiger charge is 2.13. The van der Waals surface area contributed by atoms with Crippen molar-refractivity contribution in [1.82, 2.24) is 10.2 Å². The Bertz CT molecular complexity index is 882. The first-order valence-corrected chi connectivity index (χ1v) is 10.7. The molecule has 1 heterocycles. The quantitative estimate of drug-likeness (QED) is 0.518. The Hall–Kier alpha value is -2.48. The molecule has 1 aliphatic heterocycles. The predicted octanol–water partition coefficient (Wildman–Crippen LogP) is 3.49. The number of nitrogens with zero attached hydrogens (tertiary/aromatic N) is 1. The van der Waals surface area contributed by atoms with Crippen molar-refractivity contribution in [2.75, 3.05) is 38.2 Å². The van der Waals surface area contributed by atoms with Crippen LogP contribution in [-0.4, -0.2) is 48.9 Å². The highest BCUT2D eigenvalue weighted by Crippen LogP contribution is 2.18. The first-order valence-electron chi connectivity index (χ1n) is 10.3. The topological polar surface area (TPSA) is 62.8 Å². The summed E-state index contributed by atoms with van der Waals surface area (Å²) in [7, 11) is 0. The third-order valence-corrected chi connectivity index (χ3v) is 5.29. The van der Waals surface area contributed by atoms with Gasteiger partial charge in [-0.2, -0.15) is 0 Å². The Morgan fingerprint density at radius 2 is 1.90 bits per heavy atom. The van der Waals surface area contributed by atoms with Crippen LogP contribution in [0.2, 0.25) is 0 Å². The molecule has 30 heavy (non-hydrogen) atoms. The molecule has 0 aliphatic carbocycles. The van der Waals surface area contributed by atoms with E-state index in [-0.39, 0.29) is 5.97 Å². The lowest BCUT2D eigenvalue weighted by molar-refractivity contribution is 0.0341. The van der Waals surface area contributed by atoms with Gasteiger partial charge in [-0.3, -0.25) is 4.90 Å². The van der Waals surface area contributed by atoms with Crippen molar-refractivity contribution in [2.24, 2.45) is 0 Å². The molecule has 0 aromatic heterocycles. The number of benzene rings is 2. The molecular formula is C23H29N3O3S. The van der Waals surface area contributed by atoms with Gasteiger partial charge in [0.2, 0.25) is 0 Å². The normalized spacial score (nSPS) is 14.2. The fourth-order valence-electron chi connectivity index (χ4n) is 3.37. The Labute approximate surface area is 183 Å². The molecule has 0 amide bonds. The van der Waals surface area contributed by atoms with Gasteiger partial charge in [-0.1, -0.05) is 24.3 Å². The van der Waals surface area contributed by atoms with Gasteiger partial charge in [-0.05, 0) is 61.0 Å². The van der Waals surface area contributed by atoms with E-state index in [9.17, 15) is 4.79 Å². The summed E-state index contributed by atoms with van der Waals surface area (Å²) in [4.78, 5) is 14.3. The van der Waals surface area contributed by atoms with Crippen molar-refractivity contribution in [2.45, 2.75) is 26.9 Å². The molecular weight excluding hydrogens is 398 g/mol. The highest BCUT2D eigenvalue weighted by atomic mass is 32.1. The van der Waals surface area contributed by atoms with E-state index in [0.717, 1.165) is 44.1 Å². The molecule has 0 radical (unpaired) electrons. The molecule has 0 atom stereocenters. The summed E-state index contributed by atoms with van der Waals surface area (Å²) in [5.74, 6) is -0.315. The van der Waals surface area contributed by atoms with Gasteiger partial charge in [0.05, 0.1) is 25.4 Å². The van der Waals surface area contributed by atoms with Crippen LogP contribution in [0.1, 0.15) is 34.0 Å². The van der Waals surface area contributed by atoms with Crippen molar-refractivity contribution in [1.29, 1.82) is 0 Å². The molecule has 2 aromatic rings. The van der Waals surface area contributed by atoms with Crippen molar-refractivity contribution in [3.8, 4) is 0 Å². The summed E-state index contributed by atoms with van der Waals surface area (Å²) in [6, 6.07) is 13.8. The number of thiocarbonyl (C=S) groups is 1. The van der Waals surface area contributed by atoms with Crippen LogP contribution in [0.15, 0.2) is 42.5 Å². The zero-order chi connectivity index (χ0) is 21.3. The maximum absolute atomic E-state index is 11.9. The summed E-state index contributed by atoms with van der Waals surface area (Å²) in [6.07, 6.45) is 0. The van der Waals surface area contributed by atoms with Crippen molar-refractivity contribution < 1.29 is 14.3 Å². The fourth-order valence-corrected chi connectivity index (χ4v) is 3.55. The average Bonchev–Trinajstić information content (AvgIpc) is 2.75. The van der Waals surface area contributed by atoms with Crippen LogP contribution in [-0.2, 0) is 22.6 Å². The van der Waals surface area contributed by atoms with E-state index >= 15 is 0 Å². The number of rotatable bonds is 7. The second kappa shape index (κ2) is 11.1. The van der Waals surface area contributed by atoms with E-state index in [1.54, 1.807) is 19.1 Å². The van der Waals surface area contributed by atoms with Gasteiger partial charge < -0.3 is 20.1 Å². The highest BCUT2D eigenvalue weighted by molar-refractivity contribution is 7.80. The van der Waals surface area contributed by atoms with Crippen LogP contribution in [0.4, 0.5) is 5.69 Å². The molecule has 2 N–H and O–H groups in total. The molecule has 3 rings (SSSR count). The third kappa shape index (κ3) is 6.26. The molecule has 2 aromatic carbocycles. The van der Waals surface area contributed by atoms with Crippen LogP contribution in [0.25, 0.3) is 0 Å². The molecule has 0 saturated carbocycles. The van der Waals surface area contributed by atoms with E-state index in [0.29, 0.717) is 23.8 Å². The minimum absolute atomic E-state index is 0.315. The number of anilines is 1. The van der Waals surface area contributed by atoms with Gasteiger partial charge in [0.15, 0.2) is 5.11 Å². The van der Waals surface area contributed by atoms with Crippen LogP contribution < -0.4 is 10.6 Å². The zero-order valence-corrected chi connectivity index (χ0v) is 18.4. The Balaban J connectivity index is 1.56. The Morgan fingerprint density at radius 3 is 2.60 bits per heavy atom. The Kier molecular flexibility index (Phi) is 8.19. The van der Waals surface area contributed by atoms with E-state index in [2.05, 4.69) is 39.8 Å². The molecule has 6 nitrogen and oxygen atoms in total. The SMILES string of the molecule is CCOC(=O)c1ccc(NC(=S)NCc2ccccc2CN2CCOCC2)c(C)c1. The van der Waals surface area contributed by atoms with Gasteiger partial charge in [-0.25, -0.2) is 4.79 Å². The smallest absolute Gasteiger partial charge is 0.338 e. The number of aryl methyl sites for hydroxylation is 1. The first kappa shape index (κ1) is 22.2. The number of carbonyl (C=O) groups excluding carboxylic acids is 1. The van der Waals surface area contributed by atoms with Crippen molar-refractivity contribution in [3.63, 3.8) is 0 Å². The van der Waals surface area contributed by atoms with Crippen molar-refractivity contribution in [3.05, 3.63) is 64.7 Å². The lowest BCUT2D eigenvalue weighted by Crippen LogP contribution is -2.36. The van der Waals surface area contributed by atoms with Gasteiger partial charge in [-0.15, -0.1) is 0 Å². The monoisotopic (exact) mass is 427 g/mol. The van der Waals surface area contributed by atoms with E-state index in [4.69, 9.17) is 21.7 Å². The Morgan fingerprint density at radius 1 is 1.17 bits per heavy atom. The van der Waals surface area contributed by atoms with E-state index < -0.39 is 0 Å². The summed E-state index contributed by atoms with van der Waals surface area (Å²) in [5, 5.41) is 7.06. The van der Waals surface area contributed by atoms with E-state index in [1.165, 1.54) is 11.1 Å². The lowest BCUT2D eigenvalue weighted by atomic mass is 10.1. The summed E-state index contributed by atoms with van der Waals surface area (Å²) in [5.41, 5.74) is 4.85. The van der Waals surface area contributed by atoms with Gasteiger partial charge >= 0.3 is 5.97 Å². The molecule has 0 unspecified atom stereocenters. The number of carbonyl (C=O) groups is 1. The number of hydrogen-bond acceptors (Lipinski definition) is 5. The fraction of sp³-hybridized carbons (Fsp3) is 0.391. The van der Waals surface area contributed by atoms with Gasteiger partial charge in [0.1, 0.15) is 0 Å². The standard InChI is InChI=1S/C23H29N3O3S/c1-3-29-22(27)18-8-9-21(17(2)14-18)25-23(30)24-15-19-6-4-5-7-20(19)16-26-10-12-28-13-11-26/h4-9,14H,3,10-13,15-16H2,1-2H3,(H2,24,25,30). The molecule has 160 valence electrons. The second-order valence-electron chi connectivity index (χ2n) is 7.22. The average molecular weight is 428 g/mol. The minimum Gasteiger partial charge on any atom is -0.462 e. The zero-order valence-electron chi connectivity index (χ0n) is 17.6. The molecule has 1 saturated heterocycles. The number of morpholine rings is 1.